The Labute approximate surface area is 124 Å². The van der Waals surface area contributed by atoms with E-state index >= 15 is 0 Å². The number of amides is 2. The van der Waals surface area contributed by atoms with Gasteiger partial charge in [-0.3, -0.25) is 9.59 Å². The molecule has 1 aromatic rings. The summed E-state index contributed by atoms with van der Waals surface area (Å²) < 4.78 is 5.49. The van der Waals surface area contributed by atoms with Gasteiger partial charge in [0.25, 0.3) is 5.91 Å². The zero-order valence-electron chi connectivity index (χ0n) is 12.2. The Balaban J connectivity index is 1.68. The van der Waals surface area contributed by atoms with Gasteiger partial charge >= 0.3 is 0 Å². The second-order valence-electron chi connectivity index (χ2n) is 5.50. The van der Waals surface area contributed by atoms with E-state index in [1.165, 1.54) is 0 Å². The molecule has 21 heavy (non-hydrogen) atoms. The van der Waals surface area contributed by atoms with Gasteiger partial charge in [-0.25, -0.2) is 0 Å². The van der Waals surface area contributed by atoms with E-state index in [0.29, 0.717) is 25.1 Å². The van der Waals surface area contributed by atoms with Crippen LogP contribution in [-0.4, -0.2) is 37.6 Å². The molecule has 2 heterocycles. The SMILES string of the molecule is CCN1C(=O)Cc2cc(C(=O)NC[C@H]3CCCO3)ccc21. The molecule has 3 rings (SSSR count). The van der Waals surface area contributed by atoms with Crippen molar-refractivity contribution in [1.29, 1.82) is 0 Å². The quantitative estimate of drug-likeness (QED) is 0.913. The number of rotatable bonds is 4. The standard InChI is InChI=1S/C16H20N2O3/c1-2-18-14-6-5-11(8-12(14)9-15(18)19)16(20)17-10-13-4-3-7-21-13/h5-6,8,13H,2-4,7,9-10H2,1H3,(H,17,20)/t13-/m1/s1. The van der Waals surface area contributed by atoms with Crippen LogP contribution in [0.1, 0.15) is 35.7 Å². The predicted molar refractivity (Wildman–Crippen MR) is 79.5 cm³/mol. The van der Waals surface area contributed by atoms with E-state index in [0.717, 1.165) is 30.7 Å². The first kappa shape index (κ1) is 14.1. The van der Waals surface area contributed by atoms with Gasteiger partial charge in [0.05, 0.1) is 12.5 Å². The highest BCUT2D eigenvalue weighted by Gasteiger charge is 2.26. The maximum absolute atomic E-state index is 12.2. The van der Waals surface area contributed by atoms with Gasteiger partial charge in [0.15, 0.2) is 0 Å². The molecule has 5 heteroatoms. The Hall–Kier alpha value is -1.88. The van der Waals surface area contributed by atoms with E-state index in [-0.39, 0.29) is 17.9 Å². The maximum Gasteiger partial charge on any atom is 0.251 e. The molecule has 0 aromatic heterocycles. The molecule has 2 aliphatic heterocycles. The minimum Gasteiger partial charge on any atom is -0.376 e. The van der Waals surface area contributed by atoms with Crippen LogP contribution in [0.3, 0.4) is 0 Å². The number of hydrogen-bond acceptors (Lipinski definition) is 3. The minimum atomic E-state index is -0.101. The monoisotopic (exact) mass is 288 g/mol. The number of nitrogens with one attached hydrogen (secondary N) is 1. The van der Waals surface area contributed by atoms with Gasteiger partial charge in [-0.05, 0) is 43.5 Å². The Bertz CT molecular complexity index is 565. The van der Waals surface area contributed by atoms with Crippen molar-refractivity contribution in [2.24, 2.45) is 0 Å². The van der Waals surface area contributed by atoms with E-state index < -0.39 is 0 Å². The summed E-state index contributed by atoms with van der Waals surface area (Å²) >= 11 is 0. The first-order valence-corrected chi connectivity index (χ1v) is 7.52. The number of carbonyl (C=O) groups excluding carboxylic acids is 2. The number of anilines is 1. The molecule has 2 amide bonds. The summed E-state index contributed by atoms with van der Waals surface area (Å²) in [5, 5.41) is 2.91. The fourth-order valence-corrected chi connectivity index (χ4v) is 2.98. The Kier molecular flexibility index (Phi) is 3.92. The zero-order chi connectivity index (χ0) is 14.8. The second-order valence-corrected chi connectivity index (χ2v) is 5.50. The average Bonchev–Trinajstić information content (AvgIpc) is 3.10. The van der Waals surface area contributed by atoms with Gasteiger partial charge < -0.3 is 15.0 Å². The van der Waals surface area contributed by atoms with Gasteiger partial charge in [-0.2, -0.15) is 0 Å². The van der Waals surface area contributed by atoms with Crippen molar-refractivity contribution in [3.63, 3.8) is 0 Å². The molecule has 0 saturated carbocycles. The number of benzene rings is 1. The van der Waals surface area contributed by atoms with Gasteiger partial charge in [0.2, 0.25) is 5.91 Å². The molecule has 0 radical (unpaired) electrons. The topological polar surface area (TPSA) is 58.6 Å². The van der Waals surface area contributed by atoms with E-state index in [4.69, 9.17) is 4.74 Å². The molecule has 2 aliphatic rings. The van der Waals surface area contributed by atoms with Gasteiger partial charge in [0, 0.05) is 30.9 Å². The van der Waals surface area contributed by atoms with Crippen molar-refractivity contribution < 1.29 is 14.3 Å². The smallest absolute Gasteiger partial charge is 0.251 e. The first-order valence-electron chi connectivity index (χ1n) is 7.52. The fourth-order valence-electron chi connectivity index (χ4n) is 2.98. The third kappa shape index (κ3) is 2.78. The van der Waals surface area contributed by atoms with Crippen LogP contribution in [0.4, 0.5) is 5.69 Å². The van der Waals surface area contributed by atoms with Crippen LogP contribution < -0.4 is 10.2 Å². The number of nitrogens with zero attached hydrogens (tertiary/aromatic N) is 1. The lowest BCUT2D eigenvalue weighted by molar-refractivity contribution is -0.117. The van der Waals surface area contributed by atoms with Gasteiger partial charge in [-0.1, -0.05) is 0 Å². The van der Waals surface area contributed by atoms with E-state index in [2.05, 4.69) is 5.32 Å². The molecule has 112 valence electrons. The maximum atomic E-state index is 12.2. The molecule has 1 aromatic carbocycles. The highest BCUT2D eigenvalue weighted by molar-refractivity contribution is 6.03. The van der Waals surface area contributed by atoms with Crippen LogP contribution in [0.2, 0.25) is 0 Å². The Morgan fingerprint density at radius 2 is 2.33 bits per heavy atom. The van der Waals surface area contributed by atoms with Crippen molar-refractivity contribution >= 4 is 17.5 Å². The summed E-state index contributed by atoms with van der Waals surface area (Å²) in [7, 11) is 0. The largest absolute Gasteiger partial charge is 0.376 e. The molecule has 1 N–H and O–H groups in total. The van der Waals surface area contributed by atoms with Crippen LogP contribution in [0.25, 0.3) is 0 Å². The van der Waals surface area contributed by atoms with Crippen molar-refractivity contribution in [3.8, 4) is 0 Å². The predicted octanol–water partition coefficient (Wildman–Crippen LogP) is 1.50. The summed E-state index contributed by atoms with van der Waals surface area (Å²) in [6.45, 7) is 3.95. The molecule has 5 nitrogen and oxygen atoms in total. The fraction of sp³-hybridized carbons (Fsp3) is 0.500. The van der Waals surface area contributed by atoms with Crippen molar-refractivity contribution in [3.05, 3.63) is 29.3 Å². The van der Waals surface area contributed by atoms with Crippen LogP contribution in [0.5, 0.6) is 0 Å². The number of fused-ring (bicyclic) bond motifs is 1. The van der Waals surface area contributed by atoms with Crippen LogP contribution in [0, 0.1) is 0 Å². The lowest BCUT2D eigenvalue weighted by atomic mass is 10.1. The highest BCUT2D eigenvalue weighted by Crippen LogP contribution is 2.29. The van der Waals surface area contributed by atoms with Crippen LogP contribution in [0.15, 0.2) is 18.2 Å². The number of ether oxygens (including phenoxy) is 1. The van der Waals surface area contributed by atoms with Crippen LogP contribution >= 0.6 is 0 Å². The molecular formula is C16H20N2O3. The van der Waals surface area contributed by atoms with Gasteiger partial charge in [0.1, 0.15) is 0 Å². The molecule has 0 bridgehead atoms. The number of hydrogen-bond donors (Lipinski definition) is 1. The third-order valence-corrected chi connectivity index (χ3v) is 4.11. The molecule has 1 saturated heterocycles. The van der Waals surface area contributed by atoms with Crippen LogP contribution in [-0.2, 0) is 16.0 Å². The normalized spacial score (nSPS) is 20.7. The second kappa shape index (κ2) is 5.85. The average molecular weight is 288 g/mol. The number of carbonyl (C=O) groups is 2. The zero-order valence-corrected chi connectivity index (χ0v) is 12.2. The van der Waals surface area contributed by atoms with Crippen molar-refractivity contribution in [2.45, 2.75) is 32.3 Å². The van der Waals surface area contributed by atoms with E-state index in [1.807, 2.05) is 19.1 Å². The Morgan fingerprint density at radius 3 is 3.05 bits per heavy atom. The molecule has 0 aliphatic carbocycles. The summed E-state index contributed by atoms with van der Waals surface area (Å²) in [6, 6.07) is 5.48. The lowest BCUT2D eigenvalue weighted by Crippen LogP contribution is -2.31. The first-order chi connectivity index (χ1) is 10.2. The van der Waals surface area contributed by atoms with E-state index in [9.17, 15) is 9.59 Å². The molecule has 0 unspecified atom stereocenters. The summed E-state index contributed by atoms with van der Waals surface area (Å²) in [6.07, 6.45) is 2.59. The lowest BCUT2D eigenvalue weighted by Gasteiger charge is -2.15. The highest BCUT2D eigenvalue weighted by atomic mass is 16.5. The number of likely N-dealkylation sites (N-methyl/N-ethyl adjacent to an activating group) is 1. The van der Waals surface area contributed by atoms with E-state index in [1.54, 1.807) is 11.0 Å². The Morgan fingerprint density at radius 1 is 1.48 bits per heavy atom. The van der Waals surface area contributed by atoms with Crippen molar-refractivity contribution in [1.82, 2.24) is 5.32 Å². The molecule has 0 spiro atoms. The summed E-state index contributed by atoms with van der Waals surface area (Å²) in [5.74, 6) is 0.000103. The summed E-state index contributed by atoms with van der Waals surface area (Å²) in [5.41, 5.74) is 2.47. The molecule has 1 fully saturated rings. The minimum absolute atomic E-state index is 0.101. The summed E-state index contributed by atoms with van der Waals surface area (Å²) in [4.78, 5) is 25.8. The molecular weight excluding hydrogens is 268 g/mol. The molecule has 1 atom stereocenters. The third-order valence-electron chi connectivity index (χ3n) is 4.11. The van der Waals surface area contributed by atoms with Gasteiger partial charge in [-0.15, -0.1) is 0 Å². The van der Waals surface area contributed by atoms with Crippen molar-refractivity contribution in [2.75, 3.05) is 24.6 Å².